The van der Waals surface area contributed by atoms with Crippen molar-refractivity contribution in [3.63, 3.8) is 0 Å². The Morgan fingerprint density at radius 1 is 1.11 bits per heavy atom. The van der Waals surface area contributed by atoms with Gasteiger partial charge in [0.15, 0.2) is 17.5 Å². The van der Waals surface area contributed by atoms with Gasteiger partial charge in [0.1, 0.15) is 0 Å². The molecule has 1 aromatic heterocycles. The van der Waals surface area contributed by atoms with E-state index in [0.717, 1.165) is 48.0 Å². The van der Waals surface area contributed by atoms with Gasteiger partial charge in [-0.1, -0.05) is 19.1 Å². The number of rotatable bonds is 10. The predicted molar refractivity (Wildman–Crippen MR) is 111 cm³/mol. The molecule has 0 bridgehead atoms. The van der Waals surface area contributed by atoms with Crippen LogP contribution in [0.15, 0.2) is 41.5 Å². The first-order valence-corrected chi connectivity index (χ1v) is 9.43. The number of ether oxygens (including phenoxy) is 3. The average molecular weight is 386 g/mol. The zero-order valence-corrected chi connectivity index (χ0v) is 17.1. The topological polar surface area (TPSA) is 77.0 Å². The van der Waals surface area contributed by atoms with Crippen molar-refractivity contribution in [2.75, 3.05) is 34.4 Å². The number of guanidine groups is 1. The van der Waals surface area contributed by atoms with Crippen molar-refractivity contribution < 1.29 is 14.2 Å². The van der Waals surface area contributed by atoms with Crippen LogP contribution >= 0.6 is 0 Å². The summed E-state index contributed by atoms with van der Waals surface area (Å²) in [6.07, 6.45) is 3.52. The van der Waals surface area contributed by atoms with Crippen LogP contribution in [0.1, 0.15) is 24.5 Å². The summed E-state index contributed by atoms with van der Waals surface area (Å²) in [6.45, 7) is 4.05. The van der Waals surface area contributed by atoms with E-state index in [1.54, 1.807) is 27.5 Å². The zero-order chi connectivity index (χ0) is 20.2. The summed E-state index contributed by atoms with van der Waals surface area (Å²) >= 11 is 0. The van der Waals surface area contributed by atoms with Gasteiger partial charge in [0, 0.05) is 31.9 Å². The molecule has 2 aromatic rings. The Bertz CT molecular complexity index is 765. The van der Waals surface area contributed by atoms with E-state index in [2.05, 4.69) is 27.5 Å². The number of benzene rings is 1. The van der Waals surface area contributed by atoms with E-state index in [9.17, 15) is 0 Å². The Morgan fingerprint density at radius 2 is 1.93 bits per heavy atom. The number of aromatic nitrogens is 1. The van der Waals surface area contributed by atoms with Crippen molar-refractivity contribution >= 4 is 5.96 Å². The van der Waals surface area contributed by atoms with Crippen LogP contribution in [0, 0.1) is 0 Å². The molecule has 0 saturated heterocycles. The van der Waals surface area contributed by atoms with Crippen LogP contribution in [-0.2, 0) is 13.0 Å². The molecule has 7 nitrogen and oxygen atoms in total. The van der Waals surface area contributed by atoms with Crippen molar-refractivity contribution in [1.82, 2.24) is 15.6 Å². The fourth-order valence-corrected chi connectivity index (χ4v) is 2.65. The molecule has 0 radical (unpaired) electrons. The first kappa shape index (κ1) is 21.3. The highest BCUT2D eigenvalue weighted by Gasteiger charge is 2.07. The number of pyridine rings is 1. The second kappa shape index (κ2) is 11.7. The van der Waals surface area contributed by atoms with Crippen molar-refractivity contribution in [2.45, 2.75) is 26.3 Å². The number of hydrogen-bond acceptors (Lipinski definition) is 5. The van der Waals surface area contributed by atoms with Gasteiger partial charge < -0.3 is 24.8 Å². The Hall–Kier alpha value is -2.96. The molecule has 0 aliphatic carbocycles. The monoisotopic (exact) mass is 386 g/mol. The molecule has 0 spiro atoms. The summed E-state index contributed by atoms with van der Waals surface area (Å²) in [5, 5.41) is 6.63. The second-order valence-electron chi connectivity index (χ2n) is 6.11. The van der Waals surface area contributed by atoms with Gasteiger partial charge in [-0.2, -0.15) is 0 Å². The molecule has 0 unspecified atom stereocenters. The van der Waals surface area contributed by atoms with Crippen LogP contribution in [0.3, 0.4) is 0 Å². The van der Waals surface area contributed by atoms with Gasteiger partial charge in [-0.25, -0.2) is 4.98 Å². The summed E-state index contributed by atoms with van der Waals surface area (Å²) in [7, 11) is 5.03. The summed E-state index contributed by atoms with van der Waals surface area (Å²) in [4.78, 5) is 8.58. The van der Waals surface area contributed by atoms with Gasteiger partial charge in [-0.3, -0.25) is 4.99 Å². The molecular formula is C21H30N4O3. The van der Waals surface area contributed by atoms with Crippen LogP contribution in [0.2, 0.25) is 0 Å². The van der Waals surface area contributed by atoms with Crippen molar-refractivity contribution in [1.29, 1.82) is 0 Å². The maximum absolute atomic E-state index is 5.70. The third-order valence-corrected chi connectivity index (χ3v) is 4.12. The van der Waals surface area contributed by atoms with Gasteiger partial charge >= 0.3 is 0 Å². The van der Waals surface area contributed by atoms with E-state index in [0.29, 0.717) is 19.0 Å². The van der Waals surface area contributed by atoms with Gasteiger partial charge in [0.25, 0.3) is 0 Å². The highest BCUT2D eigenvalue weighted by Crippen LogP contribution is 2.27. The summed E-state index contributed by atoms with van der Waals surface area (Å²) < 4.78 is 16.3. The zero-order valence-electron chi connectivity index (χ0n) is 17.1. The molecule has 1 aromatic carbocycles. The third kappa shape index (κ3) is 6.33. The molecule has 0 saturated carbocycles. The van der Waals surface area contributed by atoms with Crippen LogP contribution in [0.4, 0.5) is 0 Å². The lowest BCUT2D eigenvalue weighted by Gasteiger charge is -2.14. The number of nitrogens with one attached hydrogen (secondary N) is 2. The van der Waals surface area contributed by atoms with Crippen molar-refractivity contribution in [3.8, 4) is 17.4 Å². The largest absolute Gasteiger partial charge is 0.493 e. The molecule has 2 rings (SSSR count). The lowest BCUT2D eigenvalue weighted by atomic mass is 10.1. The maximum atomic E-state index is 5.70. The minimum absolute atomic E-state index is 0.586. The van der Waals surface area contributed by atoms with E-state index in [-0.39, 0.29) is 0 Å². The standard InChI is InChI=1S/C21H30N4O3/c1-5-13-28-20-17(7-6-11-23-20)15-25-21(22-2)24-12-10-16-8-9-18(26-3)19(14-16)27-4/h6-9,11,14H,5,10,12-13,15H2,1-4H3,(H2,22,24,25). The fraction of sp³-hybridized carbons (Fsp3) is 0.429. The molecule has 7 heteroatoms. The molecule has 2 N–H and O–H groups in total. The first-order chi connectivity index (χ1) is 13.7. The molecule has 0 atom stereocenters. The highest BCUT2D eigenvalue weighted by molar-refractivity contribution is 5.79. The minimum atomic E-state index is 0.586. The van der Waals surface area contributed by atoms with E-state index >= 15 is 0 Å². The van der Waals surface area contributed by atoms with E-state index in [1.807, 2.05) is 30.3 Å². The Labute approximate surface area is 167 Å². The Kier molecular flexibility index (Phi) is 8.91. The van der Waals surface area contributed by atoms with Crippen molar-refractivity contribution in [2.24, 2.45) is 4.99 Å². The molecule has 0 aliphatic heterocycles. The maximum Gasteiger partial charge on any atom is 0.218 e. The molecule has 0 aliphatic rings. The smallest absolute Gasteiger partial charge is 0.218 e. The average Bonchev–Trinajstić information content (AvgIpc) is 2.75. The molecule has 152 valence electrons. The molecule has 1 heterocycles. The number of nitrogens with zero attached hydrogens (tertiary/aromatic N) is 2. The predicted octanol–water partition coefficient (Wildman–Crippen LogP) is 2.80. The minimum Gasteiger partial charge on any atom is -0.493 e. The molecular weight excluding hydrogens is 356 g/mol. The molecule has 0 fully saturated rings. The quantitative estimate of drug-likeness (QED) is 0.483. The number of methoxy groups -OCH3 is 2. The summed E-state index contributed by atoms with van der Waals surface area (Å²) in [6, 6.07) is 9.85. The van der Waals surface area contributed by atoms with Crippen LogP contribution in [0.25, 0.3) is 0 Å². The Morgan fingerprint density at radius 3 is 2.64 bits per heavy atom. The van der Waals surface area contributed by atoms with Gasteiger partial charge in [0.2, 0.25) is 5.88 Å². The fourth-order valence-electron chi connectivity index (χ4n) is 2.65. The van der Waals surface area contributed by atoms with E-state index < -0.39 is 0 Å². The van der Waals surface area contributed by atoms with Gasteiger partial charge in [0.05, 0.1) is 20.8 Å². The normalized spacial score (nSPS) is 11.1. The van der Waals surface area contributed by atoms with Crippen LogP contribution in [0.5, 0.6) is 17.4 Å². The summed E-state index contributed by atoms with van der Waals surface area (Å²) in [5.41, 5.74) is 2.15. The lowest BCUT2D eigenvalue weighted by molar-refractivity contribution is 0.301. The molecule has 28 heavy (non-hydrogen) atoms. The van der Waals surface area contributed by atoms with E-state index in [1.165, 1.54) is 0 Å². The number of hydrogen-bond donors (Lipinski definition) is 2. The van der Waals surface area contributed by atoms with Crippen LogP contribution in [-0.4, -0.2) is 45.4 Å². The SMILES string of the molecule is CCCOc1ncccc1CNC(=NC)NCCc1ccc(OC)c(OC)c1. The summed E-state index contributed by atoms with van der Waals surface area (Å²) in [5.74, 6) is 2.86. The number of aliphatic imine (C=N–C) groups is 1. The van der Waals surface area contributed by atoms with Crippen molar-refractivity contribution in [3.05, 3.63) is 47.7 Å². The highest BCUT2D eigenvalue weighted by atomic mass is 16.5. The Balaban J connectivity index is 1.85. The molecule has 0 amide bonds. The van der Waals surface area contributed by atoms with Crippen LogP contribution < -0.4 is 24.8 Å². The second-order valence-corrected chi connectivity index (χ2v) is 6.11. The van der Waals surface area contributed by atoms with E-state index in [4.69, 9.17) is 14.2 Å². The third-order valence-electron chi connectivity index (χ3n) is 4.12. The van der Waals surface area contributed by atoms with Gasteiger partial charge in [-0.15, -0.1) is 0 Å². The first-order valence-electron chi connectivity index (χ1n) is 9.43. The van der Waals surface area contributed by atoms with Gasteiger partial charge in [-0.05, 0) is 36.6 Å². The lowest BCUT2D eigenvalue weighted by Crippen LogP contribution is -2.38.